The first-order chi connectivity index (χ1) is 14.2. The molecular weight excluding hydrogens is 518 g/mol. The summed E-state index contributed by atoms with van der Waals surface area (Å²) in [7, 11) is -4.19. The number of hydrogen-bond acceptors (Lipinski definition) is 4. The molecule has 0 saturated carbocycles. The van der Waals surface area contributed by atoms with E-state index in [2.05, 4.69) is 22.0 Å². The van der Waals surface area contributed by atoms with Crippen molar-refractivity contribution >= 4 is 49.0 Å². The van der Waals surface area contributed by atoms with Crippen LogP contribution in [0.1, 0.15) is 12.5 Å². The first kappa shape index (κ1) is 22.8. The Hall–Kier alpha value is -1.89. The van der Waals surface area contributed by atoms with E-state index in [1.165, 1.54) is 4.57 Å². The minimum Gasteiger partial charge on any atom is -0.361 e. The van der Waals surface area contributed by atoms with Gasteiger partial charge in [-0.3, -0.25) is 0 Å². The summed E-state index contributed by atoms with van der Waals surface area (Å²) < 4.78 is 47.4. The maximum Gasteiger partial charge on any atom is 0.223 e. The van der Waals surface area contributed by atoms with Crippen molar-refractivity contribution in [2.45, 2.75) is 23.6 Å². The summed E-state index contributed by atoms with van der Waals surface area (Å²) in [4.78, 5) is -0.211. The molecule has 1 aromatic heterocycles. The van der Waals surface area contributed by atoms with Gasteiger partial charge in [-0.25, -0.2) is 12.8 Å². The molecule has 0 N–H and O–H groups in total. The quantitative estimate of drug-likeness (QED) is 0.362. The van der Waals surface area contributed by atoms with Crippen molar-refractivity contribution in [1.82, 2.24) is 4.57 Å². The van der Waals surface area contributed by atoms with Crippen molar-refractivity contribution in [2.24, 2.45) is 0 Å². The van der Waals surface area contributed by atoms with E-state index in [4.69, 9.17) is 27.9 Å². The largest absolute Gasteiger partial charge is 0.361 e. The third kappa shape index (κ3) is 4.13. The van der Waals surface area contributed by atoms with Gasteiger partial charge in [-0.15, -0.1) is 0 Å². The molecule has 30 heavy (non-hydrogen) atoms. The maximum absolute atomic E-state index is 13.6. The van der Waals surface area contributed by atoms with Gasteiger partial charge in [0.1, 0.15) is 18.6 Å². The van der Waals surface area contributed by atoms with Crippen molar-refractivity contribution in [2.75, 3.05) is 6.61 Å². The highest BCUT2D eigenvalue weighted by Gasteiger charge is 2.32. The molecular formula is C20H14BrCl2FN2O3S. The Morgan fingerprint density at radius 3 is 2.43 bits per heavy atom. The Morgan fingerprint density at radius 2 is 1.87 bits per heavy atom. The topological polar surface area (TPSA) is 72.1 Å². The van der Waals surface area contributed by atoms with E-state index in [1.807, 2.05) is 0 Å². The van der Waals surface area contributed by atoms with Crippen LogP contribution in [0.2, 0.25) is 10.0 Å². The summed E-state index contributed by atoms with van der Waals surface area (Å²) in [6.07, 6.45) is 0. The Labute approximate surface area is 191 Å². The minimum atomic E-state index is -4.19. The molecule has 0 spiro atoms. The summed E-state index contributed by atoms with van der Waals surface area (Å²) in [6, 6.07) is 11.8. The normalized spacial score (nSPS) is 11.5. The zero-order valence-electron chi connectivity index (χ0n) is 15.5. The number of halogens is 4. The zero-order valence-corrected chi connectivity index (χ0v) is 19.4. The summed E-state index contributed by atoms with van der Waals surface area (Å²) in [5.41, 5.74) is 1.04. The Kier molecular flexibility index (Phi) is 6.90. The number of sulfone groups is 1. The molecule has 156 valence electrons. The molecule has 0 aliphatic carbocycles. The van der Waals surface area contributed by atoms with Crippen LogP contribution in [0.15, 0.2) is 56.9 Å². The molecule has 5 nitrogen and oxygen atoms in total. The number of hydrogen-bond donors (Lipinski definition) is 0. The van der Waals surface area contributed by atoms with Gasteiger partial charge in [0.25, 0.3) is 0 Å². The SMILES string of the molecule is CCOCn1c(-c2ccc(Cl)cc2)c(C#N)c(Br)c1S(=O)(=O)c1ccc(F)c(Cl)c1. The molecule has 3 rings (SSSR count). The van der Waals surface area contributed by atoms with Crippen LogP contribution in [0, 0.1) is 17.1 Å². The molecule has 3 aromatic rings. The van der Waals surface area contributed by atoms with E-state index in [1.54, 1.807) is 31.2 Å². The number of aromatic nitrogens is 1. The first-order valence-corrected chi connectivity index (χ1v) is 11.6. The lowest BCUT2D eigenvalue weighted by Crippen LogP contribution is -2.13. The molecule has 0 atom stereocenters. The van der Waals surface area contributed by atoms with Crippen molar-refractivity contribution in [3.63, 3.8) is 0 Å². The van der Waals surface area contributed by atoms with Crippen LogP contribution in [-0.4, -0.2) is 19.6 Å². The lowest BCUT2D eigenvalue weighted by atomic mass is 10.1. The average molecular weight is 532 g/mol. The van der Waals surface area contributed by atoms with Crippen LogP contribution in [0.5, 0.6) is 0 Å². The third-order valence-corrected chi connectivity index (χ3v) is 7.65. The highest BCUT2D eigenvalue weighted by atomic mass is 79.9. The molecule has 0 amide bonds. The molecule has 0 unspecified atom stereocenters. The summed E-state index contributed by atoms with van der Waals surface area (Å²) in [5, 5.41) is 9.74. The van der Waals surface area contributed by atoms with Gasteiger partial charge in [0.05, 0.1) is 25.6 Å². The average Bonchev–Trinajstić information content (AvgIpc) is 3.00. The minimum absolute atomic E-state index is 0.0788. The highest BCUT2D eigenvalue weighted by molar-refractivity contribution is 9.10. The zero-order chi connectivity index (χ0) is 22.1. The third-order valence-electron chi connectivity index (χ3n) is 4.27. The monoisotopic (exact) mass is 530 g/mol. The van der Waals surface area contributed by atoms with Gasteiger partial charge < -0.3 is 9.30 Å². The van der Waals surface area contributed by atoms with Gasteiger partial charge in [-0.2, -0.15) is 5.26 Å². The Bertz CT molecular complexity index is 1250. The molecule has 0 bridgehead atoms. The van der Waals surface area contributed by atoms with E-state index in [0.29, 0.717) is 22.9 Å². The van der Waals surface area contributed by atoms with Gasteiger partial charge in [0.15, 0.2) is 5.03 Å². The van der Waals surface area contributed by atoms with Crippen molar-refractivity contribution in [1.29, 1.82) is 5.26 Å². The second-order valence-corrected chi connectivity index (χ2v) is 9.59. The molecule has 0 aliphatic heterocycles. The van der Waals surface area contributed by atoms with E-state index in [9.17, 15) is 18.1 Å². The fraction of sp³-hybridized carbons (Fsp3) is 0.150. The molecule has 2 aromatic carbocycles. The number of rotatable bonds is 6. The van der Waals surface area contributed by atoms with Crippen molar-refractivity contribution in [3.8, 4) is 17.3 Å². The first-order valence-electron chi connectivity index (χ1n) is 8.58. The maximum atomic E-state index is 13.6. The molecule has 0 saturated heterocycles. The van der Waals surface area contributed by atoms with Crippen molar-refractivity contribution < 1.29 is 17.5 Å². The van der Waals surface area contributed by atoms with E-state index >= 15 is 0 Å². The van der Waals surface area contributed by atoms with E-state index in [-0.39, 0.29) is 31.7 Å². The van der Waals surface area contributed by atoms with Crippen LogP contribution in [-0.2, 0) is 21.3 Å². The second kappa shape index (κ2) is 9.08. The van der Waals surface area contributed by atoms with Gasteiger partial charge in [0.2, 0.25) is 9.84 Å². The fourth-order valence-corrected chi connectivity index (χ4v) is 5.92. The van der Waals surface area contributed by atoms with Crippen molar-refractivity contribution in [3.05, 3.63) is 68.4 Å². The van der Waals surface area contributed by atoms with E-state index in [0.717, 1.165) is 18.2 Å². The molecule has 1 heterocycles. The summed E-state index contributed by atoms with van der Waals surface area (Å²) in [6.45, 7) is 1.96. The van der Waals surface area contributed by atoms with Gasteiger partial charge >= 0.3 is 0 Å². The molecule has 0 radical (unpaired) electrons. The predicted octanol–water partition coefficient (Wildman–Crippen LogP) is 6.06. The number of nitriles is 1. The second-order valence-electron chi connectivity index (χ2n) is 6.09. The fourth-order valence-electron chi connectivity index (χ4n) is 2.90. The Morgan fingerprint density at radius 1 is 1.20 bits per heavy atom. The molecule has 10 heteroatoms. The number of benzene rings is 2. The summed E-state index contributed by atoms with van der Waals surface area (Å²) >= 11 is 15.0. The van der Waals surface area contributed by atoms with Gasteiger partial charge in [-0.05, 0) is 58.7 Å². The van der Waals surface area contributed by atoms with Crippen LogP contribution in [0.3, 0.4) is 0 Å². The smallest absolute Gasteiger partial charge is 0.223 e. The van der Waals surface area contributed by atoms with Crippen LogP contribution in [0.25, 0.3) is 11.3 Å². The molecule has 0 aliphatic rings. The summed E-state index contributed by atoms with van der Waals surface area (Å²) in [5.74, 6) is -0.737. The number of ether oxygens (including phenoxy) is 1. The van der Waals surface area contributed by atoms with Gasteiger partial charge in [-0.1, -0.05) is 35.3 Å². The standard InChI is InChI=1S/C20H14BrCl2FN2O3S/c1-2-29-11-26-19(12-3-5-13(22)6-4-12)15(10-25)18(21)20(26)30(27,28)14-7-8-17(24)16(23)9-14/h3-9H,2,11H2,1H3. The predicted molar refractivity (Wildman–Crippen MR) is 116 cm³/mol. The van der Waals surface area contributed by atoms with Gasteiger partial charge in [0, 0.05) is 11.6 Å². The molecule has 0 fully saturated rings. The van der Waals surface area contributed by atoms with Crippen LogP contribution < -0.4 is 0 Å². The Balaban J connectivity index is 2.35. The van der Waals surface area contributed by atoms with Crippen LogP contribution >= 0.6 is 39.1 Å². The number of nitrogens with zero attached hydrogens (tertiary/aromatic N) is 2. The lowest BCUT2D eigenvalue weighted by Gasteiger charge is -2.14. The van der Waals surface area contributed by atoms with Crippen LogP contribution in [0.4, 0.5) is 4.39 Å². The highest BCUT2D eigenvalue weighted by Crippen LogP contribution is 2.40. The van der Waals surface area contributed by atoms with E-state index < -0.39 is 15.7 Å². The lowest BCUT2D eigenvalue weighted by molar-refractivity contribution is 0.0834.